The van der Waals surface area contributed by atoms with E-state index in [2.05, 4.69) is 121 Å². The molecule has 0 aliphatic heterocycles. The average Bonchev–Trinajstić information content (AvgIpc) is 2.82. The minimum absolute atomic E-state index is 1.25. The highest BCUT2D eigenvalue weighted by molar-refractivity contribution is 6.14. The van der Waals surface area contributed by atoms with E-state index in [9.17, 15) is 0 Å². The first-order valence-corrected chi connectivity index (χ1v) is 10.4. The first kappa shape index (κ1) is 17.0. The Morgan fingerprint density at radius 3 is 1.57 bits per heavy atom. The van der Waals surface area contributed by atoms with Gasteiger partial charge in [-0.05, 0) is 66.7 Å². The zero-order chi connectivity index (χ0) is 19.9. The standard InChI is InChI=1S/C30H20/c1-2-10-22-19-25(18-17-21(22)9-1)26-13-7-8-16-29(26)30-27-14-5-3-11-23(27)20-24-12-4-6-15-28(24)30/h1-20H. The smallest absolute Gasteiger partial charge is 0.00206 e. The second kappa shape index (κ2) is 6.86. The Kier molecular flexibility index (Phi) is 3.89. The van der Waals surface area contributed by atoms with Gasteiger partial charge in [-0.15, -0.1) is 0 Å². The summed E-state index contributed by atoms with van der Waals surface area (Å²) in [5.41, 5.74) is 5.11. The van der Waals surface area contributed by atoms with Crippen molar-refractivity contribution in [2.24, 2.45) is 0 Å². The molecule has 6 aromatic carbocycles. The Morgan fingerprint density at radius 2 is 0.867 bits per heavy atom. The summed E-state index contributed by atoms with van der Waals surface area (Å²) in [6, 6.07) is 43.9. The lowest BCUT2D eigenvalue weighted by atomic mass is 9.87. The van der Waals surface area contributed by atoms with Crippen LogP contribution in [-0.2, 0) is 0 Å². The van der Waals surface area contributed by atoms with Gasteiger partial charge in [0, 0.05) is 0 Å². The Bertz CT molecular complexity index is 1480. The van der Waals surface area contributed by atoms with Gasteiger partial charge in [-0.2, -0.15) is 0 Å². The molecule has 0 amide bonds. The highest BCUT2D eigenvalue weighted by Gasteiger charge is 2.14. The van der Waals surface area contributed by atoms with Crippen molar-refractivity contribution in [3.8, 4) is 22.3 Å². The topological polar surface area (TPSA) is 0 Å². The third-order valence-electron chi connectivity index (χ3n) is 6.03. The molecule has 6 rings (SSSR count). The molecule has 0 heterocycles. The molecule has 0 nitrogen and oxygen atoms in total. The first-order chi connectivity index (χ1) is 14.9. The SMILES string of the molecule is c1ccc(-c2c3ccccc3cc3ccccc23)c(-c2ccc3ccccc3c2)c1. The fourth-order valence-corrected chi connectivity index (χ4v) is 4.61. The van der Waals surface area contributed by atoms with Gasteiger partial charge < -0.3 is 0 Å². The van der Waals surface area contributed by atoms with Gasteiger partial charge in [-0.1, -0.05) is 109 Å². The number of benzene rings is 6. The second-order valence-electron chi connectivity index (χ2n) is 7.80. The zero-order valence-corrected chi connectivity index (χ0v) is 16.5. The van der Waals surface area contributed by atoms with Gasteiger partial charge in [0.1, 0.15) is 0 Å². The van der Waals surface area contributed by atoms with E-state index in [1.165, 1.54) is 54.6 Å². The van der Waals surface area contributed by atoms with Crippen LogP contribution in [0.3, 0.4) is 0 Å². The maximum atomic E-state index is 2.31. The van der Waals surface area contributed by atoms with Crippen LogP contribution < -0.4 is 0 Å². The summed E-state index contributed by atoms with van der Waals surface area (Å²) in [7, 11) is 0. The largest absolute Gasteiger partial charge is 0.0616 e. The van der Waals surface area contributed by atoms with Crippen LogP contribution >= 0.6 is 0 Å². The van der Waals surface area contributed by atoms with E-state index in [1.54, 1.807) is 0 Å². The molecular formula is C30H20. The third-order valence-corrected chi connectivity index (χ3v) is 6.03. The molecule has 0 atom stereocenters. The quantitative estimate of drug-likeness (QED) is 0.264. The number of hydrogen-bond acceptors (Lipinski definition) is 0. The van der Waals surface area contributed by atoms with E-state index < -0.39 is 0 Å². The Hall–Kier alpha value is -3.90. The zero-order valence-electron chi connectivity index (χ0n) is 16.5. The second-order valence-corrected chi connectivity index (χ2v) is 7.80. The van der Waals surface area contributed by atoms with E-state index in [-0.39, 0.29) is 0 Å². The van der Waals surface area contributed by atoms with Crippen LogP contribution in [0.4, 0.5) is 0 Å². The van der Waals surface area contributed by atoms with Crippen LogP contribution in [0.1, 0.15) is 0 Å². The van der Waals surface area contributed by atoms with Crippen LogP contribution in [-0.4, -0.2) is 0 Å². The summed E-state index contributed by atoms with van der Waals surface area (Å²) in [5.74, 6) is 0. The molecule has 0 spiro atoms. The van der Waals surface area contributed by atoms with Gasteiger partial charge in [0.25, 0.3) is 0 Å². The molecule has 0 aliphatic rings. The summed E-state index contributed by atoms with van der Waals surface area (Å²) in [6.45, 7) is 0. The molecule has 0 aromatic heterocycles. The lowest BCUT2D eigenvalue weighted by molar-refractivity contribution is 1.63. The van der Waals surface area contributed by atoms with Crippen LogP contribution in [0.25, 0.3) is 54.6 Å². The van der Waals surface area contributed by atoms with Crippen molar-refractivity contribution in [2.45, 2.75) is 0 Å². The summed E-state index contributed by atoms with van der Waals surface area (Å²) in [4.78, 5) is 0. The van der Waals surface area contributed by atoms with E-state index in [1.807, 2.05) is 0 Å². The van der Waals surface area contributed by atoms with Crippen LogP contribution in [0, 0.1) is 0 Å². The third kappa shape index (κ3) is 2.69. The van der Waals surface area contributed by atoms with Gasteiger partial charge in [-0.3, -0.25) is 0 Å². The first-order valence-electron chi connectivity index (χ1n) is 10.4. The lowest BCUT2D eigenvalue weighted by Gasteiger charge is -2.16. The van der Waals surface area contributed by atoms with E-state index in [0.29, 0.717) is 0 Å². The summed E-state index contributed by atoms with van der Waals surface area (Å²) in [5, 5.41) is 7.69. The molecule has 6 aromatic rings. The molecule has 0 unspecified atom stereocenters. The molecule has 0 N–H and O–H groups in total. The monoisotopic (exact) mass is 380 g/mol. The van der Waals surface area contributed by atoms with Gasteiger partial charge in [0.2, 0.25) is 0 Å². The Morgan fingerprint density at radius 1 is 0.333 bits per heavy atom. The van der Waals surface area contributed by atoms with Crippen molar-refractivity contribution in [3.05, 3.63) is 121 Å². The van der Waals surface area contributed by atoms with E-state index >= 15 is 0 Å². The van der Waals surface area contributed by atoms with Crippen LogP contribution in [0.2, 0.25) is 0 Å². The highest BCUT2D eigenvalue weighted by atomic mass is 14.2. The number of fused-ring (bicyclic) bond motifs is 3. The van der Waals surface area contributed by atoms with Crippen molar-refractivity contribution >= 4 is 32.3 Å². The molecule has 140 valence electrons. The summed E-state index contributed by atoms with van der Waals surface area (Å²) >= 11 is 0. The van der Waals surface area contributed by atoms with Gasteiger partial charge in [-0.25, -0.2) is 0 Å². The van der Waals surface area contributed by atoms with Gasteiger partial charge in [0.15, 0.2) is 0 Å². The number of rotatable bonds is 2. The minimum Gasteiger partial charge on any atom is -0.0616 e. The molecule has 0 saturated heterocycles. The normalized spacial score (nSPS) is 11.3. The highest BCUT2D eigenvalue weighted by Crippen LogP contribution is 2.41. The fraction of sp³-hybridized carbons (Fsp3) is 0. The lowest BCUT2D eigenvalue weighted by Crippen LogP contribution is -1.89. The van der Waals surface area contributed by atoms with Gasteiger partial charge >= 0.3 is 0 Å². The molecule has 0 saturated carbocycles. The number of hydrogen-bond donors (Lipinski definition) is 0. The van der Waals surface area contributed by atoms with Crippen molar-refractivity contribution in [1.29, 1.82) is 0 Å². The van der Waals surface area contributed by atoms with Crippen molar-refractivity contribution in [3.63, 3.8) is 0 Å². The maximum Gasteiger partial charge on any atom is -0.00206 e. The molecule has 30 heavy (non-hydrogen) atoms. The maximum absolute atomic E-state index is 2.31. The fourth-order valence-electron chi connectivity index (χ4n) is 4.61. The van der Waals surface area contributed by atoms with E-state index in [0.717, 1.165) is 0 Å². The summed E-state index contributed by atoms with van der Waals surface area (Å²) < 4.78 is 0. The summed E-state index contributed by atoms with van der Waals surface area (Å²) in [6.07, 6.45) is 0. The molecule has 0 fully saturated rings. The predicted octanol–water partition coefficient (Wildman–Crippen LogP) is 8.48. The molecule has 0 bridgehead atoms. The van der Waals surface area contributed by atoms with Gasteiger partial charge in [0.05, 0.1) is 0 Å². The minimum atomic E-state index is 1.25. The van der Waals surface area contributed by atoms with Crippen molar-refractivity contribution < 1.29 is 0 Å². The molecule has 0 radical (unpaired) electrons. The van der Waals surface area contributed by atoms with Crippen LogP contribution in [0.5, 0.6) is 0 Å². The Labute approximate surface area is 176 Å². The van der Waals surface area contributed by atoms with Crippen molar-refractivity contribution in [1.82, 2.24) is 0 Å². The predicted molar refractivity (Wildman–Crippen MR) is 130 cm³/mol. The Balaban J connectivity index is 1.70. The molecular weight excluding hydrogens is 360 g/mol. The van der Waals surface area contributed by atoms with Crippen molar-refractivity contribution in [2.75, 3.05) is 0 Å². The molecule has 0 heteroatoms. The van der Waals surface area contributed by atoms with E-state index in [4.69, 9.17) is 0 Å². The average molecular weight is 380 g/mol. The van der Waals surface area contributed by atoms with Crippen LogP contribution in [0.15, 0.2) is 121 Å². The molecule has 0 aliphatic carbocycles.